The van der Waals surface area contributed by atoms with Crippen molar-refractivity contribution in [3.8, 4) is 5.75 Å². The maximum atomic E-state index is 11.8. The summed E-state index contributed by atoms with van der Waals surface area (Å²) < 4.78 is 5.74. The fraction of sp³-hybridized carbons (Fsp3) is 0.350. The molecule has 2 aromatic carbocycles. The molecule has 0 saturated carbocycles. The lowest BCUT2D eigenvalue weighted by Gasteiger charge is -2.08. The quantitative estimate of drug-likeness (QED) is 0.674. The van der Waals surface area contributed by atoms with Crippen molar-refractivity contribution < 1.29 is 9.53 Å². The van der Waals surface area contributed by atoms with Crippen LogP contribution in [0, 0.1) is 0 Å². The molecule has 0 radical (unpaired) electrons. The highest BCUT2D eigenvalue weighted by molar-refractivity contribution is 5.90. The molecule has 0 bridgehead atoms. The van der Waals surface area contributed by atoms with Crippen molar-refractivity contribution in [2.24, 2.45) is 0 Å². The molecule has 0 aliphatic rings. The van der Waals surface area contributed by atoms with Crippen LogP contribution in [0.5, 0.6) is 5.75 Å². The van der Waals surface area contributed by atoms with Gasteiger partial charge in [-0.3, -0.25) is 4.79 Å². The largest absolute Gasteiger partial charge is 0.493 e. The van der Waals surface area contributed by atoms with Crippen LogP contribution in [-0.2, 0) is 11.2 Å². The Hall–Kier alpha value is -2.29. The van der Waals surface area contributed by atoms with Gasteiger partial charge in [-0.1, -0.05) is 50.1 Å². The molecule has 0 spiro atoms. The van der Waals surface area contributed by atoms with Gasteiger partial charge in [0.15, 0.2) is 0 Å². The molecule has 3 nitrogen and oxygen atoms in total. The zero-order valence-electron chi connectivity index (χ0n) is 13.8. The number of unbranched alkanes of at least 4 members (excludes halogenated alkanes) is 2. The second-order valence-electron chi connectivity index (χ2n) is 5.61. The molecule has 1 amide bonds. The highest BCUT2D eigenvalue weighted by atomic mass is 16.5. The van der Waals surface area contributed by atoms with Crippen LogP contribution >= 0.6 is 0 Å². The molecule has 0 saturated heterocycles. The summed E-state index contributed by atoms with van der Waals surface area (Å²) >= 11 is 0. The maximum absolute atomic E-state index is 11.8. The lowest BCUT2D eigenvalue weighted by atomic mass is 10.2. The van der Waals surface area contributed by atoms with E-state index in [-0.39, 0.29) is 5.91 Å². The van der Waals surface area contributed by atoms with Gasteiger partial charge in [0.05, 0.1) is 6.61 Å². The van der Waals surface area contributed by atoms with Gasteiger partial charge < -0.3 is 10.1 Å². The normalized spacial score (nSPS) is 10.3. The van der Waals surface area contributed by atoms with Gasteiger partial charge in [-0.05, 0) is 36.2 Å². The van der Waals surface area contributed by atoms with E-state index >= 15 is 0 Å². The van der Waals surface area contributed by atoms with E-state index in [9.17, 15) is 4.79 Å². The van der Waals surface area contributed by atoms with Crippen LogP contribution in [0.25, 0.3) is 0 Å². The Kier molecular flexibility index (Phi) is 7.18. The first-order chi connectivity index (χ1) is 11.3. The molecule has 2 rings (SSSR count). The fourth-order valence-electron chi connectivity index (χ4n) is 2.32. The molecule has 2 aromatic rings. The average molecular weight is 311 g/mol. The number of hydrogen-bond acceptors (Lipinski definition) is 2. The Labute approximate surface area is 138 Å². The van der Waals surface area contributed by atoms with Crippen molar-refractivity contribution >= 4 is 11.6 Å². The van der Waals surface area contributed by atoms with Crippen molar-refractivity contribution in [3.05, 3.63) is 60.2 Å². The third-order valence-corrected chi connectivity index (χ3v) is 3.65. The lowest BCUT2D eigenvalue weighted by Crippen LogP contribution is -2.10. The molecule has 0 aromatic heterocycles. The highest BCUT2D eigenvalue weighted by Crippen LogP contribution is 2.16. The first kappa shape index (κ1) is 17.1. The summed E-state index contributed by atoms with van der Waals surface area (Å²) in [5, 5.41) is 2.92. The predicted molar refractivity (Wildman–Crippen MR) is 94.9 cm³/mol. The Bertz CT molecular complexity index is 578. The Balaban J connectivity index is 1.72. The SMILES string of the molecule is CCCCCC(=O)Nc1ccc(OCCc2ccccc2)cc1. The Morgan fingerprint density at radius 1 is 1.00 bits per heavy atom. The Morgan fingerprint density at radius 3 is 2.43 bits per heavy atom. The molecule has 0 unspecified atom stereocenters. The second-order valence-corrected chi connectivity index (χ2v) is 5.61. The molecule has 1 N–H and O–H groups in total. The third kappa shape index (κ3) is 6.55. The van der Waals surface area contributed by atoms with Gasteiger partial charge in [-0.2, -0.15) is 0 Å². The number of nitrogens with one attached hydrogen (secondary N) is 1. The molecule has 23 heavy (non-hydrogen) atoms. The monoisotopic (exact) mass is 311 g/mol. The van der Waals surface area contributed by atoms with Crippen LogP contribution in [-0.4, -0.2) is 12.5 Å². The van der Waals surface area contributed by atoms with Gasteiger partial charge in [-0.25, -0.2) is 0 Å². The average Bonchev–Trinajstić information content (AvgIpc) is 2.58. The molecule has 0 heterocycles. The van der Waals surface area contributed by atoms with E-state index in [0.29, 0.717) is 13.0 Å². The summed E-state index contributed by atoms with van der Waals surface area (Å²) in [7, 11) is 0. The predicted octanol–water partition coefficient (Wildman–Crippen LogP) is 4.83. The lowest BCUT2D eigenvalue weighted by molar-refractivity contribution is -0.116. The van der Waals surface area contributed by atoms with Crippen LogP contribution < -0.4 is 10.1 Å². The topological polar surface area (TPSA) is 38.3 Å². The number of ether oxygens (including phenoxy) is 1. The van der Waals surface area contributed by atoms with E-state index in [4.69, 9.17) is 4.74 Å². The fourth-order valence-corrected chi connectivity index (χ4v) is 2.32. The summed E-state index contributed by atoms with van der Waals surface area (Å²) in [4.78, 5) is 11.8. The summed E-state index contributed by atoms with van der Waals surface area (Å²) in [6.07, 6.45) is 4.65. The first-order valence-corrected chi connectivity index (χ1v) is 8.34. The van der Waals surface area contributed by atoms with Crippen LogP contribution in [0.2, 0.25) is 0 Å². The van der Waals surface area contributed by atoms with Crippen molar-refractivity contribution in [1.29, 1.82) is 0 Å². The molecule has 3 heteroatoms. The van der Waals surface area contributed by atoms with E-state index in [2.05, 4.69) is 24.4 Å². The van der Waals surface area contributed by atoms with E-state index in [1.165, 1.54) is 5.56 Å². The van der Waals surface area contributed by atoms with E-state index in [1.54, 1.807) is 0 Å². The number of hydrogen-bond donors (Lipinski definition) is 1. The number of anilines is 1. The van der Waals surface area contributed by atoms with E-state index in [1.807, 2.05) is 42.5 Å². The molecule has 0 aliphatic heterocycles. The second kappa shape index (κ2) is 9.67. The van der Waals surface area contributed by atoms with Gasteiger partial charge in [-0.15, -0.1) is 0 Å². The van der Waals surface area contributed by atoms with Gasteiger partial charge in [0.25, 0.3) is 0 Å². The maximum Gasteiger partial charge on any atom is 0.224 e. The number of benzene rings is 2. The van der Waals surface area contributed by atoms with Gasteiger partial charge >= 0.3 is 0 Å². The van der Waals surface area contributed by atoms with E-state index < -0.39 is 0 Å². The van der Waals surface area contributed by atoms with Gasteiger partial charge in [0.1, 0.15) is 5.75 Å². The summed E-state index contributed by atoms with van der Waals surface area (Å²) in [6, 6.07) is 17.8. The van der Waals surface area contributed by atoms with Crippen molar-refractivity contribution in [3.63, 3.8) is 0 Å². The molecule has 0 aliphatic carbocycles. The molecule has 0 fully saturated rings. The number of rotatable bonds is 9. The summed E-state index contributed by atoms with van der Waals surface area (Å²) in [5.41, 5.74) is 2.09. The van der Waals surface area contributed by atoms with Gasteiger partial charge in [0, 0.05) is 18.5 Å². The minimum Gasteiger partial charge on any atom is -0.493 e. The minimum absolute atomic E-state index is 0.0798. The number of carbonyl (C=O) groups excluding carboxylic acids is 1. The summed E-state index contributed by atoms with van der Waals surface area (Å²) in [6.45, 7) is 2.78. The van der Waals surface area contributed by atoms with Crippen molar-refractivity contribution in [2.45, 2.75) is 39.0 Å². The zero-order chi connectivity index (χ0) is 16.3. The standard InChI is InChI=1S/C20H25NO2/c1-2-3-5-10-20(22)21-18-11-13-19(14-12-18)23-16-15-17-8-6-4-7-9-17/h4,6-9,11-14H,2-3,5,10,15-16H2,1H3,(H,21,22). The Morgan fingerprint density at radius 2 is 1.74 bits per heavy atom. The smallest absolute Gasteiger partial charge is 0.224 e. The van der Waals surface area contributed by atoms with Crippen LogP contribution in [0.4, 0.5) is 5.69 Å². The molecule has 122 valence electrons. The van der Waals surface area contributed by atoms with E-state index in [0.717, 1.165) is 37.1 Å². The number of amides is 1. The summed E-state index contributed by atoms with van der Waals surface area (Å²) in [5.74, 6) is 0.904. The van der Waals surface area contributed by atoms with Crippen molar-refractivity contribution in [2.75, 3.05) is 11.9 Å². The molecular weight excluding hydrogens is 286 g/mol. The van der Waals surface area contributed by atoms with Crippen LogP contribution in [0.1, 0.15) is 38.2 Å². The minimum atomic E-state index is 0.0798. The van der Waals surface area contributed by atoms with Crippen molar-refractivity contribution in [1.82, 2.24) is 0 Å². The third-order valence-electron chi connectivity index (χ3n) is 3.65. The molecule has 0 atom stereocenters. The highest BCUT2D eigenvalue weighted by Gasteiger charge is 2.02. The zero-order valence-corrected chi connectivity index (χ0v) is 13.8. The van der Waals surface area contributed by atoms with Gasteiger partial charge in [0.2, 0.25) is 5.91 Å². The first-order valence-electron chi connectivity index (χ1n) is 8.34. The van der Waals surface area contributed by atoms with Crippen LogP contribution in [0.15, 0.2) is 54.6 Å². The number of carbonyl (C=O) groups is 1. The molecular formula is C20H25NO2. The van der Waals surface area contributed by atoms with Crippen LogP contribution in [0.3, 0.4) is 0 Å².